The highest BCUT2D eigenvalue weighted by molar-refractivity contribution is 6.06. The maximum atomic E-state index is 14.4. The summed E-state index contributed by atoms with van der Waals surface area (Å²) in [5.74, 6) is 0.0708. The minimum atomic E-state index is -0.520. The molecule has 7 heteroatoms. The fourth-order valence-electron chi connectivity index (χ4n) is 3.13. The Morgan fingerprint density at radius 1 is 1.15 bits per heavy atom. The highest BCUT2D eigenvalue weighted by Gasteiger charge is 2.28. The van der Waals surface area contributed by atoms with Crippen molar-refractivity contribution < 1.29 is 23.5 Å². The van der Waals surface area contributed by atoms with Crippen LogP contribution in [0.4, 0.5) is 10.1 Å². The van der Waals surface area contributed by atoms with Gasteiger partial charge in [-0.05, 0) is 36.8 Å². The van der Waals surface area contributed by atoms with Gasteiger partial charge in [-0.15, -0.1) is 0 Å². The second-order valence-corrected chi connectivity index (χ2v) is 6.15. The highest BCUT2D eigenvalue weighted by Crippen LogP contribution is 2.33. The van der Waals surface area contributed by atoms with Gasteiger partial charge in [0, 0.05) is 18.5 Å². The summed E-state index contributed by atoms with van der Waals surface area (Å²) in [6.07, 6.45) is 1.19. The van der Waals surface area contributed by atoms with E-state index in [0.29, 0.717) is 30.0 Å². The van der Waals surface area contributed by atoms with Crippen molar-refractivity contribution in [1.82, 2.24) is 4.90 Å². The number of ether oxygens (including phenoxy) is 2. The summed E-state index contributed by atoms with van der Waals surface area (Å²) in [6, 6.07) is 10.9. The highest BCUT2D eigenvalue weighted by atomic mass is 19.1. The largest absolute Gasteiger partial charge is 0.454 e. The zero-order valence-electron chi connectivity index (χ0n) is 14.0. The number of nitrogens with zero attached hydrogens (tertiary/aromatic N) is 2. The van der Waals surface area contributed by atoms with Gasteiger partial charge in [-0.1, -0.05) is 12.1 Å². The predicted molar refractivity (Wildman–Crippen MR) is 91.6 cm³/mol. The normalized spacial score (nSPS) is 15.4. The van der Waals surface area contributed by atoms with E-state index in [-0.39, 0.29) is 25.1 Å². The van der Waals surface area contributed by atoms with E-state index in [1.54, 1.807) is 35.2 Å². The Balaban J connectivity index is 1.68. The van der Waals surface area contributed by atoms with Crippen molar-refractivity contribution in [2.75, 3.05) is 24.9 Å². The van der Waals surface area contributed by atoms with E-state index in [4.69, 9.17) is 9.47 Å². The topological polar surface area (TPSA) is 59.1 Å². The van der Waals surface area contributed by atoms with Crippen LogP contribution in [0.1, 0.15) is 23.2 Å². The molecule has 26 heavy (non-hydrogen) atoms. The van der Waals surface area contributed by atoms with E-state index in [1.807, 2.05) is 0 Å². The summed E-state index contributed by atoms with van der Waals surface area (Å²) in [5.41, 5.74) is 0.471. The molecule has 4 rings (SSSR count). The number of hydrogen-bond donors (Lipinski definition) is 0. The summed E-state index contributed by atoms with van der Waals surface area (Å²) in [4.78, 5) is 28.0. The number of likely N-dealkylation sites (tertiary alicyclic amines) is 1. The summed E-state index contributed by atoms with van der Waals surface area (Å²) in [6.45, 7) is 0.664. The van der Waals surface area contributed by atoms with Crippen LogP contribution in [0.2, 0.25) is 0 Å². The lowest BCUT2D eigenvalue weighted by atomic mass is 10.1. The van der Waals surface area contributed by atoms with Gasteiger partial charge in [-0.25, -0.2) is 4.39 Å². The first kappa shape index (κ1) is 16.4. The smallest absolute Gasteiger partial charge is 0.259 e. The molecular weight excluding hydrogens is 339 g/mol. The van der Waals surface area contributed by atoms with Crippen molar-refractivity contribution in [2.24, 2.45) is 0 Å². The lowest BCUT2D eigenvalue weighted by Gasteiger charge is -2.28. The molecule has 2 amide bonds. The maximum absolute atomic E-state index is 14.4. The number of anilines is 1. The molecule has 0 radical (unpaired) electrons. The van der Waals surface area contributed by atoms with Crippen LogP contribution in [-0.4, -0.2) is 36.7 Å². The minimum absolute atomic E-state index is 0.00699. The van der Waals surface area contributed by atoms with E-state index >= 15 is 0 Å². The van der Waals surface area contributed by atoms with Crippen LogP contribution >= 0.6 is 0 Å². The molecule has 2 heterocycles. The van der Waals surface area contributed by atoms with Crippen molar-refractivity contribution in [1.29, 1.82) is 0 Å². The van der Waals surface area contributed by atoms with Crippen molar-refractivity contribution in [3.8, 4) is 11.5 Å². The number of rotatable bonds is 4. The molecule has 2 aromatic carbocycles. The van der Waals surface area contributed by atoms with Crippen LogP contribution in [0.25, 0.3) is 0 Å². The summed E-state index contributed by atoms with van der Waals surface area (Å²) in [7, 11) is 0. The molecule has 2 aliphatic heterocycles. The average molecular weight is 356 g/mol. The Morgan fingerprint density at radius 3 is 2.73 bits per heavy atom. The number of para-hydroxylation sites is 1. The molecule has 0 saturated carbocycles. The van der Waals surface area contributed by atoms with E-state index in [0.717, 1.165) is 6.42 Å². The van der Waals surface area contributed by atoms with Crippen LogP contribution in [0.15, 0.2) is 42.5 Å². The molecule has 1 saturated heterocycles. The quantitative estimate of drug-likeness (QED) is 0.845. The number of fused-ring (bicyclic) bond motifs is 1. The van der Waals surface area contributed by atoms with Gasteiger partial charge in [-0.2, -0.15) is 0 Å². The third-order valence-electron chi connectivity index (χ3n) is 4.49. The monoisotopic (exact) mass is 356 g/mol. The Bertz CT molecular complexity index is 870. The lowest BCUT2D eigenvalue weighted by Crippen LogP contribution is -2.42. The number of amides is 2. The fourth-order valence-corrected chi connectivity index (χ4v) is 3.13. The molecule has 0 spiro atoms. The van der Waals surface area contributed by atoms with Crippen molar-refractivity contribution in [3.63, 3.8) is 0 Å². The summed E-state index contributed by atoms with van der Waals surface area (Å²) < 4.78 is 24.9. The predicted octanol–water partition coefficient (Wildman–Crippen LogP) is 2.78. The Hall–Kier alpha value is -3.09. The van der Waals surface area contributed by atoms with Crippen LogP contribution in [0.3, 0.4) is 0 Å². The SMILES string of the molecule is O=C1CCCN1CN(C(=O)c1ccc2c(c1)OCO2)c1ccccc1F. The molecule has 0 atom stereocenters. The van der Waals surface area contributed by atoms with E-state index in [9.17, 15) is 14.0 Å². The van der Waals surface area contributed by atoms with E-state index < -0.39 is 11.7 Å². The van der Waals surface area contributed by atoms with E-state index in [1.165, 1.54) is 17.0 Å². The summed E-state index contributed by atoms with van der Waals surface area (Å²) in [5, 5.41) is 0. The molecule has 0 aromatic heterocycles. The number of carbonyl (C=O) groups is 2. The van der Waals surface area contributed by atoms with Crippen molar-refractivity contribution >= 4 is 17.5 Å². The number of carbonyl (C=O) groups excluding carboxylic acids is 2. The first-order valence-electron chi connectivity index (χ1n) is 8.37. The number of halogens is 1. The maximum Gasteiger partial charge on any atom is 0.259 e. The molecule has 0 unspecified atom stereocenters. The summed E-state index contributed by atoms with van der Waals surface area (Å²) >= 11 is 0. The standard InChI is InChI=1S/C19H17FN2O4/c20-14-4-1-2-5-15(14)22(11-21-9-3-6-18(21)23)19(24)13-7-8-16-17(10-13)26-12-25-16/h1-2,4-5,7-8,10H,3,6,9,11-12H2. The van der Waals surface area contributed by atoms with E-state index in [2.05, 4.69) is 0 Å². The van der Waals surface area contributed by atoms with Crippen LogP contribution in [-0.2, 0) is 4.79 Å². The molecule has 0 aliphatic carbocycles. The van der Waals surface area contributed by atoms with Crippen molar-refractivity contribution in [2.45, 2.75) is 12.8 Å². The third kappa shape index (κ3) is 2.96. The van der Waals surface area contributed by atoms with Crippen LogP contribution in [0.5, 0.6) is 11.5 Å². The Labute approximate surface area is 149 Å². The third-order valence-corrected chi connectivity index (χ3v) is 4.49. The van der Waals surface area contributed by atoms with Crippen molar-refractivity contribution in [3.05, 3.63) is 53.8 Å². The first-order valence-corrected chi connectivity index (χ1v) is 8.37. The van der Waals surface area contributed by atoms with Gasteiger partial charge in [0.1, 0.15) is 12.5 Å². The molecule has 6 nitrogen and oxygen atoms in total. The molecule has 2 aliphatic rings. The van der Waals surface area contributed by atoms with Gasteiger partial charge in [0.15, 0.2) is 11.5 Å². The van der Waals surface area contributed by atoms with Gasteiger partial charge in [0.2, 0.25) is 12.7 Å². The molecule has 0 N–H and O–H groups in total. The molecule has 0 bridgehead atoms. The van der Waals surface area contributed by atoms with Crippen LogP contribution in [0, 0.1) is 5.82 Å². The number of hydrogen-bond acceptors (Lipinski definition) is 4. The van der Waals surface area contributed by atoms with Gasteiger partial charge in [0.25, 0.3) is 5.91 Å². The average Bonchev–Trinajstić information content (AvgIpc) is 3.28. The van der Waals surface area contributed by atoms with Gasteiger partial charge in [-0.3, -0.25) is 14.5 Å². The zero-order chi connectivity index (χ0) is 18.1. The second-order valence-electron chi connectivity index (χ2n) is 6.15. The van der Waals surface area contributed by atoms with Gasteiger partial charge < -0.3 is 14.4 Å². The van der Waals surface area contributed by atoms with Gasteiger partial charge >= 0.3 is 0 Å². The fraction of sp³-hybridized carbons (Fsp3) is 0.263. The van der Waals surface area contributed by atoms with Gasteiger partial charge in [0.05, 0.1) is 5.69 Å². The Kier molecular flexibility index (Phi) is 4.20. The number of benzene rings is 2. The molecule has 134 valence electrons. The first-order chi connectivity index (χ1) is 12.6. The molecular formula is C19H17FN2O4. The van der Waals surface area contributed by atoms with Crippen LogP contribution < -0.4 is 14.4 Å². The molecule has 2 aromatic rings. The lowest BCUT2D eigenvalue weighted by molar-refractivity contribution is -0.127. The second kappa shape index (κ2) is 6.67. The molecule has 1 fully saturated rings. The minimum Gasteiger partial charge on any atom is -0.454 e. The Morgan fingerprint density at radius 2 is 1.96 bits per heavy atom. The zero-order valence-corrected chi connectivity index (χ0v) is 14.0.